The Balaban J connectivity index is 1.92. The number of benzene rings is 1. The van der Waals surface area contributed by atoms with Crippen LogP contribution in [-0.2, 0) is 6.54 Å². The van der Waals surface area contributed by atoms with Gasteiger partial charge >= 0.3 is 0 Å². The first kappa shape index (κ1) is 17.7. The van der Waals surface area contributed by atoms with Crippen LogP contribution in [0.5, 0.6) is 0 Å². The van der Waals surface area contributed by atoms with Gasteiger partial charge in [0.25, 0.3) is 5.91 Å². The van der Waals surface area contributed by atoms with Crippen LogP contribution in [0.15, 0.2) is 30.6 Å². The van der Waals surface area contributed by atoms with Gasteiger partial charge in [-0.25, -0.2) is 4.98 Å². The van der Waals surface area contributed by atoms with E-state index in [1.54, 1.807) is 0 Å². The summed E-state index contributed by atoms with van der Waals surface area (Å²) in [6.45, 7) is 10.00. The van der Waals surface area contributed by atoms with Crippen LogP contribution in [0.25, 0.3) is 22.2 Å². The molecule has 140 valence electrons. The zero-order valence-corrected chi connectivity index (χ0v) is 16.5. The molecule has 5 heteroatoms. The minimum Gasteiger partial charge on any atom is -0.336 e. The summed E-state index contributed by atoms with van der Waals surface area (Å²) in [6.07, 6.45) is 5.97. The maximum Gasteiger partial charge on any atom is 0.254 e. The van der Waals surface area contributed by atoms with Crippen LogP contribution < -0.4 is 0 Å². The third-order valence-electron chi connectivity index (χ3n) is 5.80. The van der Waals surface area contributed by atoms with E-state index in [0.717, 1.165) is 59.2 Å². The number of fused-ring (bicyclic) bond motifs is 1. The molecule has 1 fully saturated rings. The summed E-state index contributed by atoms with van der Waals surface area (Å²) in [4.78, 5) is 20.3. The average Bonchev–Trinajstić information content (AvgIpc) is 3.32. The number of carbonyl (C=O) groups excluding carboxylic acids is 1. The van der Waals surface area contributed by atoms with Crippen molar-refractivity contribution in [3.63, 3.8) is 0 Å². The van der Waals surface area contributed by atoms with Crippen molar-refractivity contribution < 1.29 is 4.79 Å². The molecule has 27 heavy (non-hydrogen) atoms. The SMILES string of the molecule is CCn1cc(-c2cc(C(=O)N3CCC[C@H]3C)c3ccc(C)c(C)c3n2)cn1. The van der Waals surface area contributed by atoms with E-state index in [2.05, 4.69) is 38.9 Å². The van der Waals surface area contributed by atoms with Crippen molar-refractivity contribution >= 4 is 16.8 Å². The highest BCUT2D eigenvalue weighted by Crippen LogP contribution is 2.30. The first-order valence-corrected chi connectivity index (χ1v) is 9.74. The van der Waals surface area contributed by atoms with E-state index in [1.807, 2.05) is 34.1 Å². The van der Waals surface area contributed by atoms with Gasteiger partial charge in [0.1, 0.15) is 0 Å². The Morgan fingerprint density at radius 3 is 2.78 bits per heavy atom. The van der Waals surface area contributed by atoms with Crippen LogP contribution in [0.4, 0.5) is 0 Å². The van der Waals surface area contributed by atoms with Gasteiger partial charge in [-0.05, 0) is 57.7 Å². The lowest BCUT2D eigenvalue weighted by atomic mass is 9.99. The second kappa shape index (κ2) is 6.80. The highest BCUT2D eigenvalue weighted by molar-refractivity contribution is 6.08. The zero-order valence-electron chi connectivity index (χ0n) is 16.5. The van der Waals surface area contributed by atoms with Gasteiger partial charge in [0.15, 0.2) is 0 Å². The molecule has 0 spiro atoms. The van der Waals surface area contributed by atoms with Crippen molar-refractivity contribution in [3.05, 3.63) is 47.3 Å². The van der Waals surface area contributed by atoms with Gasteiger partial charge in [-0.1, -0.05) is 12.1 Å². The van der Waals surface area contributed by atoms with E-state index in [4.69, 9.17) is 4.98 Å². The first-order valence-electron chi connectivity index (χ1n) is 9.74. The first-order chi connectivity index (χ1) is 13.0. The molecule has 0 radical (unpaired) electrons. The normalized spacial score (nSPS) is 17.0. The van der Waals surface area contributed by atoms with Crippen LogP contribution in [0, 0.1) is 13.8 Å². The summed E-state index contributed by atoms with van der Waals surface area (Å²) in [5, 5.41) is 5.32. The van der Waals surface area contributed by atoms with Crippen molar-refractivity contribution in [2.75, 3.05) is 6.54 Å². The van der Waals surface area contributed by atoms with Crippen LogP contribution in [-0.4, -0.2) is 38.2 Å². The highest BCUT2D eigenvalue weighted by Gasteiger charge is 2.28. The predicted molar refractivity (Wildman–Crippen MR) is 108 cm³/mol. The smallest absolute Gasteiger partial charge is 0.254 e. The van der Waals surface area contributed by atoms with Gasteiger partial charge in [0.05, 0.1) is 23.0 Å². The van der Waals surface area contributed by atoms with Crippen molar-refractivity contribution in [2.24, 2.45) is 0 Å². The summed E-state index contributed by atoms with van der Waals surface area (Å²) >= 11 is 0. The third-order valence-corrected chi connectivity index (χ3v) is 5.80. The fourth-order valence-corrected chi connectivity index (χ4v) is 3.91. The summed E-state index contributed by atoms with van der Waals surface area (Å²) in [5.74, 6) is 0.111. The Morgan fingerprint density at radius 2 is 2.11 bits per heavy atom. The Morgan fingerprint density at radius 1 is 1.30 bits per heavy atom. The molecular formula is C22H26N4O. The second-order valence-corrected chi connectivity index (χ2v) is 7.53. The van der Waals surface area contributed by atoms with Gasteiger partial charge in [0, 0.05) is 36.3 Å². The van der Waals surface area contributed by atoms with Crippen molar-refractivity contribution in [3.8, 4) is 11.3 Å². The summed E-state index contributed by atoms with van der Waals surface area (Å²) in [7, 11) is 0. The number of hydrogen-bond donors (Lipinski definition) is 0. The molecule has 0 aliphatic carbocycles. The quantitative estimate of drug-likeness (QED) is 0.696. The molecule has 4 rings (SSSR count). The van der Waals surface area contributed by atoms with E-state index in [0.29, 0.717) is 6.04 Å². The lowest BCUT2D eigenvalue weighted by Gasteiger charge is -2.23. The number of hydrogen-bond acceptors (Lipinski definition) is 3. The molecule has 1 aliphatic heterocycles. The minimum atomic E-state index is 0.111. The molecule has 1 aromatic carbocycles. The fourth-order valence-electron chi connectivity index (χ4n) is 3.91. The maximum atomic E-state index is 13.4. The molecule has 5 nitrogen and oxygen atoms in total. The molecule has 0 saturated carbocycles. The number of amides is 1. The Labute approximate surface area is 160 Å². The summed E-state index contributed by atoms with van der Waals surface area (Å²) < 4.78 is 1.88. The largest absolute Gasteiger partial charge is 0.336 e. The number of pyridine rings is 1. The van der Waals surface area contributed by atoms with Crippen LogP contribution >= 0.6 is 0 Å². The highest BCUT2D eigenvalue weighted by atomic mass is 16.2. The lowest BCUT2D eigenvalue weighted by Crippen LogP contribution is -2.33. The molecule has 1 atom stereocenters. The standard InChI is InChI=1S/C22H26N4O/c1-5-25-13-17(12-23-25)20-11-19(22(27)26-10-6-7-15(26)3)18-9-8-14(2)16(4)21(18)24-20/h8-9,11-13,15H,5-7,10H2,1-4H3/t15-/m1/s1. The van der Waals surface area contributed by atoms with Crippen LogP contribution in [0.2, 0.25) is 0 Å². The molecule has 2 aromatic heterocycles. The van der Waals surface area contributed by atoms with E-state index in [1.165, 1.54) is 5.56 Å². The fraction of sp³-hybridized carbons (Fsp3) is 0.409. The number of likely N-dealkylation sites (tertiary alicyclic amines) is 1. The van der Waals surface area contributed by atoms with Crippen molar-refractivity contribution in [1.82, 2.24) is 19.7 Å². The Hall–Kier alpha value is -2.69. The van der Waals surface area contributed by atoms with Gasteiger partial charge < -0.3 is 4.90 Å². The topological polar surface area (TPSA) is 51.0 Å². The minimum absolute atomic E-state index is 0.111. The number of nitrogens with zero attached hydrogens (tertiary/aromatic N) is 4. The van der Waals surface area contributed by atoms with E-state index < -0.39 is 0 Å². The number of aryl methyl sites for hydroxylation is 3. The monoisotopic (exact) mass is 362 g/mol. The molecule has 3 heterocycles. The van der Waals surface area contributed by atoms with Crippen LogP contribution in [0.3, 0.4) is 0 Å². The molecule has 0 unspecified atom stereocenters. The molecule has 1 saturated heterocycles. The van der Waals surface area contributed by atoms with E-state index >= 15 is 0 Å². The van der Waals surface area contributed by atoms with Crippen molar-refractivity contribution in [2.45, 2.75) is 53.1 Å². The summed E-state index contributed by atoms with van der Waals surface area (Å²) in [6, 6.07) is 6.36. The van der Waals surface area contributed by atoms with Gasteiger partial charge in [-0.15, -0.1) is 0 Å². The molecule has 1 amide bonds. The number of rotatable bonds is 3. The Kier molecular flexibility index (Phi) is 4.46. The zero-order chi connectivity index (χ0) is 19.1. The van der Waals surface area contributed by atoms with E-state index in [9.17, 15) is 4.79 Å². The van der Waals surface area contributed by atoms with Gasteiger partial charge in [0.2, 0.25) is 0 Å². The van der Waals surface area contributed by atoms with Crippen LogP contribution in [0.1, 0.15) is 48.2 Å². The predicted octanol–water partition coefficient (Wildman–Crippen LogP) is 4.36. The van der Waals surface area contributed by atoms with Gasteiger partial charge in [-0.3, -0.25) is 9.48 Å². The molecular weight excluding hydrogens is 336 g/mol. The third kappa shape index (κ3) is 3.01. The molecule has 3 aromatic rings. The van der Waals surface area contributed by atoms with Crippen molar-refractivity contribution in [1.29, 1.82) is 0 Å². The maximum absolute atomic E-state index is 13.4. The van der Waals surface area contributed by atoms with Gasteiger partial charge in [-0.2, -0.15) is 5.10 Å². The average molecular weight is 362 g/mol. The molecule has 1 aliphatic rings. The molecule has 0 bridgehead atoms. The number of aromatic nitrogens is 3. The number of carbonyl (C=O) groups is 1. The second-order valence-electron chi connectivity index (χ2n) is 7.53. The molecule has 0 N–H and O–H groups in total. The van der Waals surface area contributed by atoms with E-state index in [-0.39, 0.29) is 5.91 Å². The Bertz CT molecular complexity index is 1020. The summed E-state index contributed by atoms with van der Waals surface area (Å²) in [5.41, 5.74) is 5.72. The lowest BCUT2D eigenvalue weighted by molar-refractivity contribution is 0.0749.